The van der Waals surface area contributed by atoms with Crippen molar-refractivity contribution in [2.75, 3.05) is 12.3 Å². The summed E-state index contributed by atoms with van der Waals surface area (Å²) >= 11 is 0. The van der Waals surface area contributed by atoms with E-state index in [0.717, 1.165) is 17.9 Å². The maximum Gasteiger partial charge on any atom is 0.292 e. The van der Waals surface area contributed by atoms with Crippen molar-refractivity contribution < 1.29 is 9.21 Å². The van der Waals surface area contributed by atoms with E-state index in [0.29, 0.717) is 19.5 Å². The first kappa shape index (κ1) is 9.05. The van der Waals surface area contributed by atoms with E-state index in [-0.39, 0.29) is 11.9 Å². The second kappa shape index (κ2) is 3.32. The van der Waals surface area contributed by atoms with Crippen molar-refractivity contribution in [3.05, 3.63) is 11.5 Å². The zero-order valence-corrected chi connectivity index (χ0v) is 8.12. The number of nitrogen functional groups attached to an aromatic ring is 1. The molecule has 76 valence electrons. The fraction of sp³-hybridized carbons (Fsp3) is 0.556. The number of carbonyl (C=O) groups is 1. The monoisotopic (exact) mass is 195 g/mol. The number of fused-ring (bicyclic) bond motifs is 1. The van der Waals surface area contributed by atoms with Gasteiger partial charge in [0.1, 0.15) is 5.76 Å². The second-order valence-corrected chi connectivity index (χ2v) is 3.34. The lowest BCUT2D eigenvalue weighted by Gasteiger charge is -2.24. The van der Waals surface area contributed by atoms with Crippen molar-refractivity contribution in [1.29, 1.82) is 0 Å². The summed E-state index contributed by atoms with van der Waals surface area (Å²) in [5.74, 6) is 0.876. The Labute approximate surface area is 81.9 Å². The summed E-state index contributed by atoms with van der Waals surface area (Å²) in [5, 5.41) is 0. The van der Waals surface area contributed by atoms with Crippen LogP contribution in [0.3, 0.4) is 0 Å². The number of aromatic nitrogens is 1. The average Bonchev–Trinajstić information content (AvgIpc) is 2.55. The summed E-state index contributed by atoms with van der Waals surface area (Å²) in [6, 6.07) is 0.195. The molecule has 1 aromatic heterocycles. The lowest BCUT2D eigenvalue weighted by molar-refractivity contribution is -0.132. The molecular formula is C9H13N3O2. The predicted octanol–water partition coefficient (Wildman–Crippen LogP) is 0.552. The summed E-state index contributed by atoms with van der Waals surface area (Å²) < 4.78 is 5.20. The summed E-state index contributed by atoms with van der Waals surface area (Å²) in [5.41, 5.74) is 6.32. The Balaban J connectivity index is 2.16. The Morgan fingerprint density at radius 1 is 1.71 bits per heavy atom. The van der Waals surface area contributed by atoms with Gasteiger partial charge in [0.15, 0.2) is 0 Å². The van der Waals surface area contributed by atoms with Gasteiger partial charge < -0.3 is 15.1 Å². The molecule has 2 rings (SSSR count). The summed E-state index contributed by atoms with van der Waals surface area (Å²) in [6.07, 6.45) is 1.26. The molecule has 0 saturated heterocycles. The summed E-state index contributed by atoms with van der Waals surface area (Å²) in [4.78, 5) is 17.2. The van der Waals surface area contributed by atoms with E-state index in [1.807, 2.05) is 6.92 Å². The lowest BCUT2D eigenvalue weighted by Crippen LogP contribution is -2.35. The average molecular weight is 195 g/mol. The van der Waals surface area contributed by atoms with Crippen molar-refractivity contribution >= 4 is 11.9 Å². The maximum absolute atomic E-state index is 11.4. The van der Waals surface area contributed by atoms with E-state index in [2.05, 4.69) is 4.98 Å². The smallest absolute Gasteiger partial charge is 0.292 e. The van der Waals surface area contributed by atoms with Crippen molar-refractivity contribution in [3.63, 3.8) is 0 Å². The Hall–Kier alpha value is -1.52. The number of amides is 1. The number of oxazole rings is 1. The van der Waals surface area contributed by atoms with Crippen LogP contribution in [0.25, 0.3) is 0 Å². The van der Waals surface area contributed by atoms with Crippen molar-refractivity contribution in [2.24, 2.45) is 0 Å². The first-order chi connectivity index (χ1) is 6.70. The predicted molar refractivity (Wildman–Crippen MR) is 50.3 cm³/mol. The minimum Gasteiger partial charge on any atom is -0.427 e. The molecule has 0 aliphatic carbocycles. The largest absolute Gasteiger partial charge is 0.427 e. The van der Waals surface area contributed by atoms with Gasteiger partial charge in [-0.1, -0.05) is 6.92 Å². The molecule has 1 aliphatic rings. The number of nitrogens with two attached hydrogens (primary N) is 1. The van der Waals surface area contributed by atoms with Crippen LogP contribution in [0, 0.1) is 0 Å². The molecule has 0 bridgehead atoms. The van der Waals surface area contributed by atoms with E-state index in [1.54, 1.807) is 4.90 Å². The van der Waals surface area contributed by atoms with Gasteiger partial charge in [-0.05, 0) is 0 Å². The van der Waals surface area contributed by atoms with Gasteiger partial charge in [-0.15, -0.1) is 0 Å². The fourth-order valence-electron chi connectivity index (χ4n) is 1.65. The quantitative estimate of drug-likeness (QED) is 0.710. The van der Waals surface area contributed by atoms with Crippen LogP contribution in [-0.2, 0) is 17.8 Å². The first-order valence-corrected chi connectivity index (χ1v) is 4.72. The standard InChI is InChI=1S/C9H13N3O2/c1-2-8(13)12-4-3-6-7(5-12)14-9(10)11-6/h2-5H2,1H3,(H2,10,11). The van der Waals surface area contributed by atoms with E-state index < -0.39 is 0 Å². The number of hydrogen-bond acceptors (Lipinski definition) is 4. The summed E-state index contributed by atoms with van der Waals surface area (Å²) in [7, 11) is 0. The van der Waals surface area contributed by atoms with E-state index in [4.69, 9.17) is 10.2 Å². The third-order valence-electron chi connectivity index (χ3n) is 2.40. The molecule has 1 aromatic rings. The van der Waals surface area contributed by atoms with Gasteiger partial charge >= 0.3 is 0 Å². The third kappa shape index (κ3) is 1.45. The van der Waals surface area contributed by atoms with Crippen LogP contribution in [0.15, 0.2) is 4.42 Å². The van der Waals surface area contributed by atoms with Crippen LogP contribution in [0.4, 0.5) is 6.01 Å². The highest BCUT2D eigenvalue weighted by Gasteiger charge is 2.23. The zero-order chi connectivity index (χ0) is 10.1. The van der Waals surface area contributed by atoms with Gasteiger partial charge in [0.05, 0.1) is 12.2 Å². The van der Waals surface area contributed by atoms with Gasteiger partial charge in [-0.2, -0.15) is 4.98 Å². The highest BCUT2D eigenvalue weighted by Crippen LogP contribution is 2.20. The lowest BCUT2D eigenvalue weighted by atomic mass is 10.1. The Bertz CT molecular complexity index is 359. The minimum absolute atomic E-state index is 0.144. The molecule has 2 N–H and O–H groups in total. The van der Waals surface area contributed by atoms with E-state index in [1.165, 1.54) is 0 Å². The van der Waals surface area contributed by atoms with Crippen LogP contribution >= 0.6 is 0 Å². The zero-order valence-electron chi connectivity index (χ0n) is 8.12. The molecule has 1 aliphatic heterocycles. The second-order valence-electron chi connectivity index (χ2n) is 3.34. The molecule has 14 heavy (non-hydrogen) atoms. The molecule has 1 amide bonds. The topological polar surface area (TPSA) is 72.4 Å². The van der Waals surface area contributed by atoms with Crippen LogP contribution in [-0.4, -0.2) is 22.3 Å². The van der Waals surface area contributed by atoms with E-state index in [9.17, 15) is 4.79 Å². The number of hydrogen-bond donors (Lipinski definition) is 1. The normalized spacial score (nSPS) is 15.4. The highest BCUT2D eigenvalue weighted by molar-refractivity contribution is 5.76. The number of carbonyl (C=O) groups excluding carboxylic acids is 1. The van der Waals surface area contributed by atoms with Crippen LogP contribution in [0.2, 0.25) is 0 Å². The molecule has 0 atom stereocenters. The molecule has 0 saturated carbocycles. The van der Waals surface area contributed by atoms with Gasteiger partial charge in [0.25, 0.3) is 6.01 Å². The van der Waals surface area contributed by atoms with Crippen molar-refractivity contribution in [3.8, 4) is 0 Å². The number of anilines is 1. The molecular weight excluding hydrogens is 182 g/mol. The van der Waals surface area contributed by atoms with Gasteiger partial charge in [0.2, 0.25) is 5.91 Å². The number of rotatable bonds is 1. The minimum atomic E-state index is 0.144. The van der Waals surface area contributed by atoms with E-state index >= 15 is 0 Å². The Kier molecular flexibility index (Phi) is 2.15. The van der Waals surface area contributed by atoms with Crippen LogP contribution < -0.4 is 5.73 Å². The Morgan fingerprint density at radius 3 is 3.21 bits per heavy atom. The number of nitrogens with zero attached hydrogens (tertiary/aromatic N) is 2. The highest BCUT2D eigenvalue weighted by atomic mass is 16.4. The molecule has 0 radical (unpaired) electrons. The maximum atomic E-state index is 11.4. The molecule has 0 fully saturated rings. The SMILES string of the molecule is CCC(=O)N1CCc2nc(N)oc2C1. The first-order valence-electron chi connectivity index (χ1n) is 4.72. The third-order valence-corrected chi connectivity index (χ3v) is 2.40. The molecule has 0 spiro atoms. The van der Waals surface area contributed by atoms with Gasteiger partial charge in [-0.3, -0.25) is 4.79 Å². The molecule has 2 heterocycles. The van der Waals surface area contributed by atoms with Crippen LogP contribution in [0.1, 0.15) is 24.8 Å². The van der Waals surface area contributed by atoms with Crippen molar-refractivity contribution in [1.82, 2.24) is 9.88 Å². The van der Waals surface area contributed by atoms with Crippen molar-refractivity contribution in [2.45, 2.75) is 26.3 Å². The van der Waals surface area contributed by atoms with Crippen LogP contribution in [0.5, 0.6) is 0 Å². The molecule has 0 aromatic carbocycles. The van der Waals surface area contributed by atoms with Gasteiger partial charge in [-0.25, -0.2) is 0 Å². The fourth-order valence-corrected chi connectivity index (χ4v) is 1.65. The molecule has 5 heteroatoms. The molecule has 5 nitrogen and oxygen atoms in total. The van der Waals surface area contributed by atoms with Gasteiger partial charge in [0, 0.05) is 19.4 Å². The molecule has 0 unspecified atom stereocenters. The summed E-state index contributed by atoms with van der Waals surface area (Å²) in [6.45, 7) is 3.07. The Morgan fingerprint density at radius 2 is 2.50 bits per heavy atom.